The zero-order valence-electron chi connectivity index (χ0n) is 16.5. The topological polar surface area (TPSA) is 124 Å². The molecule has 5 rings (SSSR count). The van der Waals surface area contributed by atoms with E-state index in [0.29, 0.717) is 16.7 Å². The summed E-state index contributed by atoms with van der Waals surface area (Å²) in [4.78, 5) is 16.6. The lowest BCUT2D eigenvalue weighted by Gasteiger charge is -2.40. The molecule has 160 valence electrons. The van der Waals surface area contributed by atoms with E-state index in [1.165, 1.54) is 12.3 Å². The number of halogens is 1. The van der Waals surface area contributed by atoms with Gasteiger partial charge in [-0.25, -0.2) is 0 Å². The first-order valence-corrected chi connectivity index (χ1v) is 10.3. The molecule has 1 aliphatic carbocycles. The summed E-state index contributed by atoms with van der Waals surface area (Å²) in [5.74, 6) is -3.50. The fourth-order valence-corrected chi connectivity index (χ4v) is 5.35. The molecule has 0 saturated heterocycles. The largest absolute Gasteiger partial charge is 0.481 e. The van der Waals surface area contributed by atoms with Crippen LogP contribution in [0.2, 0.25) is 5.02 Å². The number of aliphatic hydroxyl groups excluding tert-OH is 1. The Morgan fingerprint density at radius 2 is 1.84 bits per heavy atom. The lowest BCUT2D eigenvalue weighted by molar-refractivity contribution is -0.160. The highest BCUT2D eigenvalue weighted by atomic mass is 35.5. The molecule has 1 aromatic heterocycles. The van der Waals surface area contributed by atoms with E-state index in [9.17, 15) is 25.4 Å². The molecule has 1 aliphatic heterocycles. The van der Waals surface area contributed by atoms with E-state index in [1.54, 1.807) is 54.6 Å². The van der Waals surface area contributed by atoms with Crippen molar-refractivity contribution in [2.45, 2.75) is 23.2 Å². The van der Waals surface area contributed by atoms with Crippen LogP contribution in [0.5, 0.6) is 5.75 Å². The van der Waals surface area contributed by atoms with Crippen molar-refractivity contribution in [3.05, 3.63) is 94.3 Å². The minimum absolute atomic E-state index is 0.0171. The molecule has 0 spiro atoms. The number of pyridine rings is 1. The Kier molecular flexibility index (Phi) is 4.50. The molecule has 5 atom stereocenters. The van der Waals surface area contributed by atoms with Crippen molar-refractivity contribution >= 4 is 17.6 Å². The molecule has 2 heterocycles. The summed E-state index contributed by atoms with van der Waals surface area (Å²) in [5.41, 5.74) is -2.54. The third-order valence-electron chi connectivity index (χ3n) is 6.47. The molecule has 32 heavy (non-hydrogen) atoms. The molecule has 8 heteroatoms. The smallest absolute Gasteiger partial charge is 0.310 e. The quantitative estimate of drug-likeness (QED) is 0.562. The fraction of sp³-hybridized carbons (Fsp3) is 0.208. The number of benzene rings is 2. The van der Waals surface area contributed by atoms with Crippen LogP contribution in [-0.4, -0.2) is 32.4 Å². The Morgan fingerprint density at radius 3 is 2.47 bits per heavy atom. The average molecular weight is 449 g/mol. The van der Waals surface area contributed by atoms with Crippen LogP contribution in [0.3, 0.4) is 0 Å². The molecule has 1 saturated carbocycles. The molecule has 0 bridgehead atoms. The number of aromatic nitrogens is 1. The molecule has 2 aliphatic rings. The highest BCUT2D eigenvalue weighted by Crippen LogP contribution is 2.68. The number of carbonyl (C=O) groups is 1. The molecule has 0 radical (unpaired) electrons. The van der Waals surface area contributed by atoms with Gasteiger partial charge in [-0.1, -0.05) is 54.1 Å². The van der Waals surface area contributed by atoms with E-state index >= 15 is 0 Å². The molecule has 1 fully saturated rings. The van der Waals surface area contributed by atoms with Gasteiger partial charge in [0.25, 0.3) is 0 Å². The second-order valence-corrected chi connectivity index (χ2v) is 8.43. The lowest BCUT2D eigenvalue weighted by atomic mass is 9.71. The van der Waals surface area contributed by atoms with Gasteiger partial charge in [0.15, 0.2) is 11.2 Å². The molecule has 3 N–H and O–H groups in total. The first-order chi connectivity index (χ1) is 15.3. The number of rotatable bonds is 3. The van der Waals surface area contributed by atoms with E-state index in [2.05, 4.69) is 4.98 Å². The van der Waals surface area contributed by atoms with Gasteiger partial charge < -0.3 is 20.1 Å². The third-order valence-corrected chi connectivity index (χ3v) is 6.68. The molecule has 0 amide bonds. The fourth-order valence-electron chi connectivity index (χ4n) is 5.20. The van der Waals surface area contributed by atoms with Gasteiger partial charge in [-0.2, -0.15) is 5.26 Å². The number of carboxylic acid groups (broad SMARTS) is 1. The van der Waals surface area contributed by atoms with Crippen LogP contribution < -0.4 is 4.74 Å². The predicted molar refractivity (Wildman–Crippen MR) is 113 cm³/mol. The van der Waals surface area contributed by atoms with Crippen molar-refractivity contribution in [3.63, 3.8) is 0 Å². The number of hydrogen-bond donors (Lipinski definition) is 3. The molecular weight excluding hydrogens is 432 g/mol. The Hall–Kier alpha value is -3.44. The number of carboxylic acids is 1. The van der Waals surface area contributed by atoms with E-state index in [0.717, 1.165) is 0 Å². The second kappa shape index (κ2) is 7.04. The number of aliphatic hydroxyl groups is 2. The first-order valence-electron chi connectivity index (χ1n) is 9.88. The van der Waals surface area contributed by atoms with Gasteiger partial charge in [0.1, 0.15) is 17.5 Å². The average Bonchev–Trinajstić information content (AvgIpc) is 3.17. The van der Waals surface area contributed by atoms with Gasteiger partial charge in [-0.15, -0.1) is 0 Å². The number of aliphatic carboxylic acids is 1. The van der Waals surface area contributed by atoms with Crippen LogP contribution in [0.4, 0.5) is 0 Å². The Labute approximate surface area is 188 Å². The van der Waals surface area contributed by atoms with Gasteiger partial charge >= 0.3 is 5.97 Å². The first kappa shape index (κ1) is 20.5. The van der Waals surface area contributed by atoms with Gasteiger partial charge in [0.2, 0.25) is 0 Å². The standard InChI is InChI=1S/C24H17ClN2O5/c25-16-10-17-20(27-12-16)23(31)21(28)18(22(29)30)19(14-4-2-1-3-5-14)24(23,32-17)15-8-6-13(11-26)7-9-15/h1-10,12,18-19,21,28,31H,(H,29,30)/t18-,19-,21-,23+,24+/m1/s1. The normalized spacial score (nSPS) is 30.1. The highest BCUT2D eigenvalue weighted by molar-refractivity contribution is 6.30. The second-order valence-electron chi connectivity index (χ2n) is 7.99. The van der Waals surface area contributed by atoms with Crippen molar-refractivity contribution in [1.82, 2.24) is 4.98 Å². The maximum absolute atomic E-state index is 12.4. The zero-order chi connectivity index (χ0) is 22.7. The van der Waals surface area contributed by atoms with Crippen LogP contribution in [-0.2, 0) is 16.0 Å². The zero-order valence-corrected chi connectivity index (χ0v) is 17.3. The SMILES string of the molecule is N#Cc1ccc([C@@]23Oc4cc(Cl)cnc4[C@]2(O)[C@H](O)[C@H](C(=O)O)[C@H]3c2ccccc2)cc1. The monoisotopic (exact) mass is 448 g/mol. The summed E-state index contributed by atoms with van der Waals surface area (Å²) in [6.45, 7) is 0. The maximum atomic E-state index is 12.4. The number of nitriles is 1. The van der Waals surface area contributed by atoms with Gasteiger partial charge in [0, 0.05) is 18.2 Å². The van der Waals surface area contributed by atoms with Crippen LogP contribution in [0.1, 0.15) is 28.3 Å². The molecule has 7 nitrogen and oxygen atoms in total. The summed E-state index contributed by atoms with van der Waals surface area (Å²) < 4.78 is 6.38. The van der Waals surface area contributed by atoms with Crippen LogP contribution in [0.15, 0.2) is 66.9 Å². The molecule has 3 aromatic rings. The van der Waals surface area contributed by atoms with Crippen LogP contribution >= 0.6 is 11.6 Å². The molecule has 0 unspecified atom stereocenters. The Bertz CT molecular complexity index is 1260. The van der Waals surface area contributed by atoms with E-state index < -0.39 is 35.1 Å². The van der Waals surface area contributed by atoms with E-state index in [-0.39, 0.29) is 16.5 Å². The van der Waals surface area contributed by atoms with Crippen molar-refractivity contribution in [3.8, 4) is 11.8 Å². The number of nitrogens with zero attached hydrogens (tertiary/aromatic N) is 2. The molecular formula is C24H17ClN2O5. The van der Waals surface area contributed by atoms with Crippen molar-refractivity contribution < 1.29 is 24.9 Å². The van der Waals surface area contributed by atoms with Gasteiger partial charge in [-0.3, -0.25) is 9.78 Å². The Balaban J connectivity index is 1.86. The minimum atomic E-state index is -2.19. The lowest BCUT2D eigenvalue weighted by Crippen LogP contribution is -2.52. The van der Waals surface area contributed by atoms with Crippen LogP contribution in [0, 0.1) is 17.2 Å². The van der Waals surface area contributed by atoms with E-state index in [1.807, 2.05) is 6.07 Å². The van der Waals surface area contributed by atoms with Crippen LogP contribution in [0.25, 0.3) is 0 Å². The number of hydrogen-bond acceptors (Lipinski definition) is 6. The van der Waals surface area contributed by atoms with E-state index in [4.69, 9.17) is 16.3 Å². The predicted octanol–water partition coefficient (Wildman–Crippen LogP) is 2.94. The Morgan fingerprint density at radius 1 is 1.16 bits per heavy atom. The van der Waals surface area contributed by atoms with Crippen molar-refractivity contribution in [2.75, 3.05) is 0 Å². The van der Waals surface area contributed by atoms with Crippen molar-refractivity contribution in [2.24, 2.45) is 5.92 Å². The number of fused-ring (bicyclic) bond motifs is 3. The van der Waals surface area contributed by atoms with Crippen molar-refractivity contribution in [1.29, 1.82) is 5.26 Å². The molecule has 2 aromatic carbocycles. The summed E-state index contributed by atoms with van der Waals surface area (Å²) in [7, 11) is 0. The maximum Gasteiger partial charge on any atom is 0.310 e. The number of ether oxygens (including phenoxy) is 1. The third kappa shape index (κ3) is 2.49. The highest BCUT2D eigenvalue weighted by Gasteiger charge is 2.78. The summed E-state index contributed by atoms with van der Waals surface area (Å²) >= 11 is 6.11. The summed E-state index contributed by atoms with van der Waals surface area (Å²) in [6.07, 6.45) is -0.426. The van der Waals surface area contributed by atoms with Gasteiger partial charge in [-0.05, 0) is 23.3 Å². The summed E-state index contributed by atoms with van der Waals surface area (Å²) in [5, 5.41) is 43.0. The minimum Gasteiger partial charge on any atom is -0.481 e. The summed E-state index contributed by atoms with van der Waals surface area (Å²) in [6, 6.07) is 18.6. The van der Waals surface area contributed by atoms with Gasteiger partial charge in [0.05, 0.1) is 22.6 Å².